The molecule has 0 aromatic carbocycles. The molecular formula is C10H10N4O3S. The Balaban J connectivity index is 1.97. The highest BCUT2D eigenvalue weighted by molar-refractivity contribution is 7.09. The monoisotopic (exact) mass is 266 g/mol. The lowest BCUT2D eigenvalue weighted by Crippen LogP contribution is -2.25. The molecule has 7 nitrogen and oxygen atoms in total. The Morgan fingerprint density at radius 1 is 1.56 bits per heavy atom. The number of rotatable bonds is 4. The predicted octanol–water partition coefficient (Wildman–Crippen LogP) is 0.505. The molecule has 2 aromatic rings. The molecule has 2 rings (SSSR count). The van der Waals surface area contributed by atoms with E-state index in [4.69, 9.17) is 5.11 Å². The van der Waals surface area contributed by atoms with Gasteiger partial charge >= 0.3 is 5.97 Å². The summed E-state index contributed by atoms with van der Waals surface area (Å²) in [4.78, 5) is 26.2. The fourth-order valence-corrected chi connectivity index (χ4v) is 2.04. The topological polar surface area (TPSA) is 97.1 Å². The van der Waals surface area contributed by atoms with Gasteiger partial charge in [0.1, 0.15) is 10.7 Å². The summed E-state index contributed by atoms with van der Waals surface area (Å²) in [7, 11) is 1.67. The van der Waals surface area contributed by atoms with Gasteiger partial charge in [-0.15, -0.1) is 11.3 Å². The summed E-state index contributed by atoms with van der Waals surface area (Å²) in [6.07, 6.45) is 1.53. The molecule has 0 aliphatic carbocycles. The molecule has 2 aromatic heterocycles. The maximum absolute atomic E-state index is 11.7. The van der Waals surface area contributed by atoms with Gasteiger partial charge in [0.05, 0.1) is 6.54 Å². The molecule has 0 atom stereocenters. The van der Waals surface area contributed by atoms with Crippen molar-refractivity contribution in [1.82, 2.24) is 20.1 Å². The van der Waals surface area contributed by atoms with Crippen LogP contribution in [0, 0.1) is 0 Å². The number of thiazole rings is 1. The van der Waals surface area contributed by atoms with Crippen LogP contribution >= 0.6 is 11.3 Å². The minimum Gasteiger partial charge on any atom is -0.476 e. The summed E-state index contributed by atoms with van der Waals surface area (Å²) in [5, 5.41) is 17.2. The van der Waals surface area contributed by atoms with E-state index in [1.54, 1.807) is 13.1 Å². The van der Waals surface area contributed by atoms with Gasteiger partial charge in [0, 0.05) is 18.6 Å². The van der Waals surface area contributed by atoms with Gasteiger partial charge < -0.3 is 10.4 Å². The maximum Gasteiger partial charge on any atom is 0.355 e. The zero-order valence-electron chi connectivity index (χ0n) is 9.45. The Hall–Kier alpha value is -2.22. The van der Waals surface area contributed by atoms with Gasteiger partial charge in [-0.3, -0.25) is 9.48 Å². The Morgan fingerprint density at radius 3 is 2.89 bits per heavy atom. The van der Waals surface area contributed by atoms with Gasteiger partial charge in [0.2, 0.25) is 0 Å². The number of nitrogens with zero attached hydrogens (tertiary/aromatic N) is 3. The Kier molecular flexibility index (Phi) is 3.38. The second kappa shape index (κ2) is 4.96. The first-order valence-electron chi connectivity index (χ1n) is 5.02. The van der Waals surface area contributed by atoms with Crippen LogP contribution in [0.2, 0.25) is 0 Å². The van der Waals surface area contributed by atoms with E-state index in [0.717, 1.165) is 0 Å². The van der Waals surface area contributed by atoms with E-state index in [-0.39, 0.29) is 18.1 Å². The van der Waals surface area contributed by atoms with Crippen molar-refractivity contribution in [2.24, 2.45) is 7.05 Å². The van der Waals surface area contributed by atoms with Crippen LogP contribution in [0.25, 0.3) is 0 Å². The number of carboxylic acids is 1. The first-order chi connectivity index (χ1) is 8.58. The van der Waals surface area contributed by atoms with E-state index in [0.29, 0.717) is 10.7 Å². The van der Waals surface area contributed by atoms with Crippen molar-refractivity contribution in [2.45, 2.75) is 6.54 Å². The average molecular weight is 266 g/mol. The predicted molar refractivity (Wildman–Crippen MR) is 63.5 cm³/mol. The number of carboxylic acid groups (broad SMARTS) is 1. The van der Waals surface area contributed by atoms with Gasteiger partial charge in [0.15, 0.2) is 5.69 Å². The largest absolute Gasteiger partial charge is 0.476 e. The lowest BCUT2D eigenvalue weighted by molar-refractivity contribution is 0.0691. The number of aromatic carboxylic acids is 1. The molecule has 0 radical (unpaired) electrons. The van der Waals surface area contributed by atoms with E-state index in [1.807, 2.05) is 0 Å². The van der Waals surface area contributed by atoms with Crippen molar-refractivity contribution in [3.8, 4) is 0 Å². The quantitative estimate of drug-likeness (QED) is 0.840. The van der Waals surface area contributed by atoms with Crippen LogP contribution in [0.3, 0.4) is 0 Å². The first kappa shape index (κ1) is 12.2. The Bertz CT molecular complexity index is 589. The van der Waals surface area contributed by atoms with Crippen LogP contribution in [0.4, 0.5) is 0 Å². The molecule has 0 aliphatic rings. The minimum atomic E-state index is -1.07. The molecule has 8 heteroatoms. The summed E-state index contributed by atoms with van der Waals surface area (Å²) < 4.78 is 1.46. The molecular weight excluding hydrogens is 256 g/mol. The van der Waals surface area contributed by atoms with Crippen molar-refractivity contribution in [3.63, 3.8) is 0 Å². The molecule has 1 amide bonds. The average Bonchev–Trinajstić information content (AvgIpc) is 2.94. The van der Waals surface area contributed by atoms with Crippen LogP contribution in [0.15, 0.2) is 17.6 Å². The van der Waals surface area contributed by atoms with E-state index >= 15 is 0 Å². The summed E-state index contributed by atoms with van der Waals surface area (Å²) in [5.41, 5.74) is 0.426. The number of amides is 1. The molecule has 2 N–H and O–H groups in total. The van der Waals surface area contributed by atoms with Gasteiger partial charge in [-0.25, -0.2) is 9.78 Å². The normalized spacial score (nSPS) is 10.3. The highest BCUT2D eigenvalue weighted by Crippen LogP contribution is 2.09. The zero-order chi connectivity index (χ0) is 13.1. The van der Waals surface area contributed by atoms with Gasteiger partial charge in [-0.05, 0) is 6.07 Å². The summed E-state index contributed by atoms with van der Waals surface area (Å²) in [5.74, 6) is -1.35. The molecule has 0 spiro atoms. The number of aryl methyl sites for hydroxylation is 1. The third kappa shape index (κ3) is 2.54. The van der Waals surface area contributed by atoms with Crippen molar-refractivity contribution in [1.29, 1.82) is 0 Å². The Labute approximate surface area is 106 Å². The lowest BCUT2D eigenvalue weighted by Gasteiger charge is -2.02. The van der Waals surface area contributed by atoms with E-state index in [1.165, 1.54) is 27.6 Å². The fraction of sp³-hybridized carbons (Fsp3) is 0.200. The number of carbonyl (C=O) groups excluding carboxylic acids is 1. The van der Waals surface area contributed by atoms with Gasteiger partial charge in [0.25, 0.3) is 5.91 Å². The molecule has 0 aliphatic heterocycles. The van der Waals surface area contributed by atoms with E-state index < -0.39 is 5.97 Å². The Morgan fingerprint density at radius 2 is 2.33 bits per heavy atom. The van der Waals surface area contributed by atoms with Gasteiger partial charge in [-0.2, -0.15) is 5.10 Å². The standard InChI is InChI=1S/C10H10N4O3S/c1-14-7(2-3-12-14)9(15)11-4-8-13-6(5-18-8)10(16)17/h2-3,5H,4H2,1H3,(H,11,15)(H,16,17). The van der Waals surface area contributed by atoms with Crippen LogP contribution < -0.4 is 5.32 Å². The molecule has 0 saturated heterocycles. The molecule has 0 unspecified atom stereocenters. The molecule has 18 heavy (non-hydrogen) atoms. The SMILES string of the molecule is Cn1nccc1C(=O)NCc1nc(C(=O)O)cs1. The molecule has 0 bridgehead atoms. The van der Waals surface area contributed by atoms with Crippen LogP contribution in [0.5, 0.6) is 0 Å². The van der Waals surface area contributed by atoms with Crippen LogP contribution in [0.1, 0.15) is 26.0 Å². The summed E-state index contributed by atoms with van der Waals surface area (Å²) in [6, 6.07) is 1.60. The molecule has 94 valence electrons. The number of hydrogen-bond donors (Lipinski definition) is 2. The van der Waals surface area contributed by atoms with Crippen LogP contribution in [-0.2, 0) is 13.6 Å². The highest BCUT2D eigenvalue weighted by atomic mass is 32.1. The smallest absolute Gasteiger partial charge is 0.355 e. The first-order valence-corrected chi connectivity index (χ1v) is 5.90. The second-order valence-corrected chi connectivity index (χ2v) is 4.40. The molecule has 0 saturated carbocycles. The number of nitrogens with one attached hydrogen (secondary N) is 1. The van der Waals surface area contributed by atoms with Crippen molar-refractivity contribution >= 4 is 23.2 Å². The summed E-state index contributed by atoms with van der Waals surface area (Å²) in [6.45, 7) is 0.196. The van der Waals surface area contributed by atoms with Crippen molar-refractivity contribution < 1.29 is 14.7 Å². The lowest BCUT2D eigenvalue weighted by atomic mass is 10.4. The zero-order valence-corrected chi connectivity index (χ0v) is 10.3. The molecule has 0 fully saturated rings. The minimum absolute atomic E-state index is 0.00946. The number of carbonyl (C=O) groups is 2. The van der Waals surface area contributed by atoms with Crippen molar-refractivity contribution in [3.05, 3.63) is 34.0 Å². The van der Waals surface area contributed by atoms with E-state index in [2.05, 4.69) is 15.4 Å². The third-order valence-electron chi connectivity index (χ3n) is 2.22. The summed E-state index contributed by atoms with van der Waals surface area (Å²) >= 11 is 1.19. The maximum atomic E-state index is 11.7. The van der Waals surface area contributed by atoms with Crippen LogP contribution in [-0.4, -0.2) is 31.7 Å². The van der Waals surface area contributed by atoms with Gasteiger partial charge in [-0.1, -0.05) is 0 Å². The van der Waals surface area contributed by atoms with E-state index in [9.17, 15) is 9.59 Å². The molecule has 2 heterocycles. The number of hydrogen-bond acceptors (Lipinski definition) is 5. The highest BCUT2D eigenvalue weighted by Gasteiger charge is 2.12. The van der Waals surface area contributed by atoms with Crippen molar-refractivity contribution in [2.75, 3.05) is 0 Å². The number of aromatic nitrogens is 3. The third-order valence-corrected chi connectivity index (χ3v) is 3.07. The fourth-order valence-electron chi connectivity index (χ4n) is 1.33. The second-order valence-electron chi connectivity index (χ2n) is 3.45.